The summed E-state index contributed by atoms with van der Waals surface area (Å²) in [5.74, 6) is 0.637. The highest BCUT2D eigenvalue weighted by atomic mass is 16.5. The van der Waals surface area contributed by atoms with Crippen molar-refractivity contribution in [3.8, 4) is 11.4 Å². The third-order valence-corrected chi connectivity index (χ3v) is 5.02. The number of benzene rings is 1. The topological polar surface area (TPSA) is 84.8 Å². The molecule has 5 rings (SSSR count). The molecule has 1 aromatic carbocycles. The Bertz CT molecular complexity index is 1220. The standard InChI is InChI=1S/C20H19N5O2/c1-2-27-17-6-8-22-19-18(17)25(20(26)24-19)13-3-4-16-15(9-13)14-5-7-21-10-12(14)11-23-16/h3-4,6,8-9,11,21H,2,5,7,10H2,1H3,(H,22,24,26). The molecule has 0 saturated heterocycles. The van der Waals surface area contributed by atoms with Crippen molar-refractivity contribution in [3.63, 3.8) is 0 Å². The number of nitrogens with one attached hydrogen (secondary N) is 2. The molecule has 27 heavy (non-hydrogen) atoms. The van der Waals surface area contributed by atoms with E-state index in [4.69, 9.17) is 4.74 Å². The fourth-order valence-electron chi connectivity index (χ4n) is 3.82. The Morgan fingerprint density at radius 2 is 2.19 bits per heavy atom. The maximum atomic E-state index is 12.7. The van der Waals surface area contributed by atoms with Crippen LogP contribution in [0.25, 0.3) is 27.8 Å². The Morgan fingerprint density at radius 3 is 3.07 bits per heavy atom. The minimum atomic E-state index is -0.233. The number of hydrogen-bond donors (Lipinski definition) is 2. The second kappa shape index (κ2) is 6.21. The number of nitrogens with zero attached hydrogens (tertiary/aromatic N) is 3. The summed E-state index contributed by atoms with van der Waals surface area (Å²) >= 11 is 0. The predicted molar refractivity (Wildman–Crippen MR) is 104 cm³/mol. The SMILES string of the molecule is CCOc1ccnc2[nH]c(=O)n(-c3ccc4ncc5c(c4c3)CCNC5)c12. The molecular formula is C20H19N5O2. The van der Waals surface area contributed by atoms with Gasteiger partial charge in [0.25, 0.3) is 0 Å². The van der Waals surface area contributed by atoms with Gasteiger partial charge >= 0.3 is 5.69 Å². The number of ether oxygens (including phenoxy) is 1. The van der Waals surface area contributed by atoms with Crippen LogP contribution in [-0.2, 0) is 13.0 Å². The molecule has 0 atom stereocenters. The molecule has 136 valence electrons. The van der Waals surface area contributed by atoms with Gasteiger partial charge in [0.1, 0.15) is 11.3 Å². The summed E-state index contributed by atoms with van der Waals surface area (Å²) < 4.78 is 7.36. The van der Waals surface area contributed by atoms with Crippen LogP contribution >= 0.6 is 0 Å². The molecule has 0 fully saturated rings. The minimum Gasteiger partial charge on any atom is -0.491 e. The lowest BCUT2D eigenvalue weighted by molar-refractivity contribution is 0.343. The van der Waals surface area contributed by atoms with Crippen molar-refractivity contribution in [1.82, 2.24) is 24.8 Å². The van der Waals surface area contributed by atoms with Gasteiger partial charge in [-0.2, -0.15) is 0 Å². The molecule has 1 aliphatic rings. The van der Waals surface area contributed by atoms with Crippen molar-refractivity contribution in [2.24, 2.45) is 0 Å². The lowest BCUT2D eigenvalue weighted by Crippen LogP contribution is -2.24. The maximum absolute atomic E-state index is 12.7. The molecule has 4 aromatic rings. The number of aromatic nitrogens is 4. The van der Waals surface area contributed by atoms with Gasteiger partial charge in [0.2, 0.25) is 0 Å². The summed E-state index contributed by atoms with van der Waals surface area (Å²) in [5, 5.41) is 4.47. The Hall–Kier alpha value is -3.19. The van der Waals surface area contributed by atoms with Crippen molar-refractivity contribution in [3.05, 3.63) is 58.3 Å². The summed E-state index contributed by atoms with van der Waals surface area (Å²) in [6.07, 6.45) is 4.53. The largest absolute Gasteiger partial charge is 0.491 e. The fourth-order valence-corrected chi connectivity index (χ4v) is 3.82. The third kappa shape index (κ3) is 2.50. The first-order valence-corrected chi connectivity index (χ1v) is 9.10. The highest BCUT2D eigenvalue weighted by Gasteiger charge is 2.17. The van der Waals surface area contributed by atoms with Crippen LogP contribution in [0.5, 0.6) is 5.75 Å². The molecule has 0 aliphatic carbocycles. The van der Waals surface area contributed by atoms with Gasteiger partial charge in [-0.1, -0.05) is 0 Å². The first-order valence-electron chi connectivity index (χ1n) is 9.10. The molecule has 4 heterocycles. The zero-order valence-corrected chi connectivity index (χ0v) is 15.0. The molecule has 3 aromatic heterocycles. The average Bonchev–Trinajstić information content (AvgIpc) is 3.04. The molecule has 7 nitrogen and oxygen atoms in total. The smallest absolute Gasteiger partial charge is 0.332 e. The molecule has 0 amide bonds. The lowest BCUT2D eigenvalue weighted by Gasteiger charge is -2.19. The predicted octanol–water partition coefficient (Wildman–Crippen LogP) is 2.31. The summed E-state index contributed by atoms with van der Waals surface area (Å²) in [4.78, 5) is 24.4. The highest BCUT2D eigenvalue weighted by Crippen LogP contribution is 2.28. The second-order valence-corrected chi connectivity index (χ2v) is 6.60. The molecule has 0 bridgehead atoms. The Kier molecular flexibility index (Phi) is 3.68. The van der Waals surface area contributed by atoms with Crippen LogP contribution in [-0.4, -0.2) is 32.7 Å². The molecule has 0 saturated carbocycles. The minimum absolute atomic E-state index is 0.233. The number of pyridine rings is 2. The van der Waals surface area contributed by atoms with E-state index in [9.17, 15) is 4.79 Å². The number of fused-ring (bicyclic) bond motifs is 4. The van der Waals surface area contributed by atoms with Gasteiger partial charge in [-0.25, -0.2) is 9.78 Å². The van der Waals surface area contributed by atoms with E-state index in [1.165, 1.54) is 11.1 Å². The van der Waals surface area contributed by atoms with E-state index < -0.39 is 0 Å². The molecule has 0 unspecified atom stereocenters. The molecule has 1 aliphatic heterocycles. The zero-order chi connectivity index (χ0) is 18.4. The zero-order valence-electron chi connectivity index (χ0n) is 15.0. The summed E-state index contributed by atoms with van der Waals surface area (Å²) in [6, 6.07) is 7.71. The van der Waals surface area contributed by atoms with Gasteiger partial charge in [0.05, 0.1) is 17.8 Å². The van der Waals surface area contributed by atoms with Gasteiger partial charge < -0.3 is 10.1 Å². The van der Waals surface area contributed by atoms with E-state index in [2.05, 4.69) is 20.3 Å². The van der Waals surface area contributed by atoms with Crippen LogP contribution in [0.4, 0.5) is 0 Å². The van der Waals surface area contributed by atoms with Crippen LogP contribution in [0.1, 0.15) is 18.1 Å². The van der Waals surface area contributed by atoms with E-state index in [0.29, 0.717) is 23.5 Å². The van der Waals surface area contributed by atoms with Crippen LogP contribution in [0, 0.1) is 0 Å². The van der Waals surface area contributed by atoms with Crippen LogP contribution < -0.4 is 15.7 Å². The van der Waals surface area contributed by atoms with Crippen LogP contribution in [0.15, 0.2) is 41.5 Å². The van der Waals surface area contributed by atoms with E-state index in [-0.39, 0.29) is 5.69 Å². The van der Waals surface area contributed by atoms with Crippen LogP contribution in [0.2, 0.25) is 0 Å². The van der Waals surface area contributed by atoms with Crippen molar-refractivity contribution in [2.75, 3.05) is 13.2 Å². The first kappa shape index (κ1) is 16.0. The summed E-state index contributed by atoms with van der Waals surface area (Å²) in [5.41, 5.74) is 5.18. The molecular weight excluding hydrogens is 342 g/mol. The lowest BCUT2D eigenvalue weighted by atomic mass is 9.97. The van der Waals surface area contributed by atoms with Crippen molar-refractivity contribution >= 4 is 22.1 Å². The van der Waals surface area contributed by atoms with Crippen molar-refractivity contribution in [1.29, 1.82) is 0 Å². The number of imidazole rings is 1. The first-order chi connectivity index (χ1) is 13.3. The molecule has 2 N–H and O–H groups in total. The van der Waals surface area contributed by atoms with Crippen molar-refractivity contribution in [2.45, 2.75) is 19.9 Å². The van der Waals surface area contributed by atoms with Gasteiger partial charge in [-0.05, 0) is 49.2 Å². The normalized spacial score (nSPS) is 13.8. The van der Waals surface area contributed by atoms with Gasteiger partial charge in [-0.3, -0.25) is 14.5 Å². The van der Waals surface area contributed by atoms with E-state index in [0.717, 1.165) is 36.1 Å². The quantitative estimate of drug-likeness (QED) is 0.585. The Labute approximate surface area is 155 Å². The maximum Gasteiger partial charge on any atom is 0.332 e. The van der Waals surface area contributed by atoms with Gasteiger partial charge in [0, 0.05) is 30.4 Å². The molecule has 0 radical (unpaired) electrons. The van der Waals surface area contributed by atoms with E-state index in [1.807, 2.05) is 31.3 Å². The monoisotopic (exact) mass is 361 g/mol. The number of rotatable bonds is 3. The molecule has 0 spiro atoms. The highest BCUT2D eigenvalue weighted by molar-refractivity contribution is 5.87. The van der Waals surface area contributed by atoms with E-state index in [1.54, 1.807) is 16.8 Å². The van der Waals surface area contributed by atoms with Crippen molar-refractivity contribution < 1.29 is 4.74 Å². The Balaban J connectivity index is 1.79. The second-order valence-electron chi connectivity index (χ2n) is 6.60. The van der Waals surface area contributed by atoms with Gasteiger partial charge in [0.15, 0.2) is 5.65 Å². The number of H-pyrrole nitrogens is 1. The number of hydrogen-bond acceptors (Lipinski definition) is 5. The average molecular weight is 361 g/mol. The summed E-state index contributed by atoms with van der Waals surface area (Å²) in [7, 11) is 0. The Morgan fingerprint density at radius 1 is 1.26 bits per heavy atom. The molecule has 7 heteroatoms. The summed E-state index contributed by atoms with van der Waals surface area (Å²) in [6.45, 7) is 4.21. The fraction of sp³-hybridized carbons (Fsp3) is 0.250. The third-order valence-electron chi connectivity index (χ3n) is 5.02. The van der Waals surface area contributed by atoms with E-state index >= 15 is 0 Å². The number of aromatic amines is 1. The van der Waals surface area contributed by atoms with Crippen LogP contribution in [0.3, 0.4) is 0 Å². The van der Waals surface area contributed by atoms with Gasteiger partial charge in [-0.15, -0.1) is 0 Å².